The van der Waals surface area contributed by atoms with Crippen molar-refractivity contribution in [1.29, 1.82) is 0 Å². The van der Waals surface area contributed by atoms with Gasteiger partial charge in [0.1, 0.15) is 13.2 Å². The Kier molecular flexibility index (Phi) is 6.35. The van der Waals surface area contributed by atoms with Gasteiger partial charge in [-0.3, -0.25) is 9.97 Å². The van der Waals surface area contributed by atoms with Crippen LogP contribution >= 0.6 is 0 Å². The van der Waals surface area contributed by atoms with E-state index in [9.17, 15) is 19.2 Å². The molecule has 4 rings (SSSR count). The van der Waals surface area contributed by atoms with Gasteiger partial charge in [0.25, 0.3) is 5.76 Å². The molecule has 1 aromatic heterocycles. The molecule has 1 aliphatic heterocycles. The van der Waals surface area contributed by atoms with Crippen molar-refractivity contribution in [3.8, 4) is 0 Å². The van der Waals surface area contributed by atoms with E-state index in [0.717, 1.165) is 15.7 Å². The van der Waals surface area contributed by atoms with E-state index >= 15 is 0 Å². The lowest BCUT2D eigenvalue weighted by Gasteiger charge is -2.10. The number of rotatable bonds is 8. The largest absolute Gasteiger partial charge is 0.481 e. The monoisotopic (exact) mass is 449 g/mol. The third kappa shape index (κ3) is 5.18. The van der Waals surface area contributed by atoms with Crippen molar-refractivity contribution in [2.24, 2.45) is 0 Å². The first-order valence-corrected chi connectivity index (χ1v) is 9.95. The fraction of sp³-hybridized carbons (Fsp3) is 0.130. The van der Waals surface area contributed by atoms with Crippen molar-refractivity contribution < 1.29 is 19.0 Å². The van der Waals surface area contributed by atoms with E-state index in [-0.39, 0.29) is 37.0 Å². The van der Waals surface area contributed by atoms with Crippen LogP contribution in [0, 0.1) is 0 Å². The normalized spacial score (nSPS) is 14.4. The second-order valence-electron chi connectivity index (χ2n) is 6.96. The molecule has 0 spiro atoms. The molecule has 2 aromatic carbocycles. The number of esters is 1. The first-order chi connectivity index (χ1) is 16.0. The number of cyclic esters (lactones) is 1. The summed E-state index contributed by atoms with van der Waals surface area (Å²) in [6.07, 6.45) is 1.33. The number of ether oxygens (including phenoxy) is 3. The summed E-state index contributed by atoms with van der Waals surface area (Å²) in [6, 6.07) is 18.5. The lowest BCUT2D eigenvalue weighted by atomic mass is 10.2. The Labute approximate surface area is 186 Å². The van der Waals surface area contributed by atoms with Crippen LogP contribution in [0.15, 0.2) is 98.4 Å². The number of aromatic amines is 2. The number of hydrogen-bond acceptors (Lipinski definition) is 7. The highest BCUT2D eigenvalue weighted by atomic mass is 16.6. The highest BCUT2D eigenvalue weighted by Crippen LogP contribution is 2.29. The number of carbonyl (C=O) groups excluding carboxylic acids is 1. The fourth-order valence-corrected chi connectivity index (χ4v) is 3.04. The highest BCUT2D eigenvalue weighted by Gasteiger charge is 2.34. The average Bonchev–Trinajstić information content (AvgIpc) is 3.11. The summed E-state index contributed by atoms with van der Waals surface area (Å²) in [6.45, 7) is -0.0466. The Bertz CT molecular complexity index is 1350. The van der Waals surface area contributed by atoms with E-state index in [1.54, 1.807) is 0 Å². The smallest absolute Gasteiger partial charge is 0.383 e. The number of hydrogen-bond donors (Lipinski definition) is 2. The van der Waals surface area contributed by atoms with Gasteiger partial charge < -0.3 is 14.2 Å². The molecule has 0 saturated carbocycles. The molecule has 0 aliphatic carbocycles. The second-order valence-corrected chi connectivity index (χ2v) is 6.96. The predicted molar refractivity (Wildman–Crippen MR) is 116 cm³/mol. The van der Waals surface area contributed by atoms with Crippen LogP contribution < -0.4 is 17.1 Å². The molecule has 33 heavy (non-hydrogen) atoms. The molecule has 10 nitrogen and oxygen atoms in total. The zero-order chi connectivity index (χ0) is 23.2. The maximum absolute atomic E-state index is 12.5. The average molecular weight is 449 g/mol. The number of benzene rings is 2. The maximum Gasteiger partial charge on any atom is 0.383 e. The van der Waals surface area contributed by atoms with E-state index in [1.807, 2.05) is 70.6 Å². The predicted octanol–water partition coefficient (Wildman–Crippen LogP) is 1.31. The second kappa shape index (κ2) is 9.69. The van der Waals surface area contributed by atoms with Gasteiger partial charge in [0.05, 0.1) is 6.54 Å². The summed E-state index contributed by atoms with van der Waals surface area (Å²) in [7, 11) is 0. The zero-order valence-electron chi connectivity index (χ0n) is 17.3. The summed E-state index contributed by atoms with van der Waals surface area (Å²) in [5, 5.41) is 0. The molecular formula is C23H19N3O7. The molecule has 0 bridgehead atoms. The minimum atomic E-state index is -0.912. The van der Waals surface area contributed by atoms with Crippen LogP contribution in [-0.4, -0.2) is 20.5 Å². The quantitative estimate of drug-likeness (QED) is 0.496. The summed E-state index contributed by atoms with van der Waals surface area (Å²) in [5.41, 5.74) is -1.03. The van der Waals surface area contributed by atoms with Gasteiger partial charge in [-0.25, -0.2) is 23.7 Å². The molecule has 168 valence electrons. The van der Waals surface area contributed by atoms with Gasteiger partial charge in [-0.2, -0.15) is 0 Å². The molecular weight excluding hydrogens is 430 g/mol. The summed E-state index contributed by atoms with van der Waals surface area (Å²) >= 11 is 0. The molecule has 2 N–H and O–H groups in total. The van der Waals surface area contributed by atoms with Crippen LogP contribution in [0.25, 0.3) is 0 Å². The summed E-state index contributed by atoms with van der Waals surface area (Å²) in [5.74, 6) is -0.836. The van der Waals surface area contributed by atoms with Gasteiger partial charge in [0, 0.05) is 0 Å². The highest BCUT2D eigenvalue weighted by molar-refractivity contribution is 5.91. The van der Waals surface area contributed by atoms with Gasteiger partial charge in [-0.05, 0) is 17.2 Å². The van der Waals surface area contributed by atoms with Gasteiger partial charge in [-0.15, -0.1) is 0 Å². The van der Waals surface area contributed by atoms with E-state index < -0.39 is 23.0 Å². The molecule has 0 saturated heterocycles. The van der Waals surface area contributed by atoms with Crippen molar-refractivity contribution >= 4 is 5.97 Å². The van der Waals surface area contributed by atoms with Gasteiger partial charge in [0.15, 0.2) is 5.76 Å². The van der Waals surface area contributed by atoms with Crippen LogP contribution in [0.1, 0.15) is 11.1 Å². The molecule has 3 aromatic rings. The van der Waals surface area contributed by atoms with Crippen molar-refractivity contribution in [3.63, 3.8) is 0 Å². The molecule has 1 aliphatic rings. The number of aromatic nitrogens is 3. The van der Waals surface area contributed by atoms with Crippen molar-refractivity contribution in [3.05, 3.63) is 127 Å². The lowest BCUT2D eigenvalue weighted by molar-refractivity contribution is -0.136. The maximum atomic E-state index is 12.5. The lowest BCUT2D eigenvalue weighted by Crippen LogP contribution is -2.43. The number of H-pyrrole nitrogens is 2. The van der Waals surface area contributed by atoms with Gasteiger partial charge >= 0.3 is 23.0 Å². The van der Waals surface area contributed by atoms with E-state index in [0.29, 0.717) is 0 Å². The number of nitrogens with one attached hydrogen (secondary N) is 2. The first kappa shape index (κ1) is 21.6. The number of allylic oxidation sites excluding steroid dienone is 1. The summed E-state index contributed by atoms with van der Waals surface area (Å²) < 4.78 is 17.6. The number of nitrogens with zero attached hydrogens (tertiary/aromatic N) is 1. The third-order valence-electron chi connectivity index (χ3n) is 4.66. The van der Waals surface area contributed by atoms with Crippen molar-refractivity contribution in [2.45, 2.75) is 19.8 Å². The topological polar surface area (TPSA) is 132 Å². The standard InChI is InChI=1S/C23H19N3O7/c27-20-19(32-14-16-9-5-2-6-10-16)18(31-13-15-7-3-1-4-8-15)17(33-20)11-12-26-22(29)24-21(28)25-23(26)30/h1-11H,12-14H2,(H2,24,25,28,29,30)/b17-11-. The first-order valence-electron chi connectivity index (χ1n) is 9.95. The van der Waals surface area contributed by atoms with Crippen molar-refractivity contribution in [1.82, 2.24) is 14.5 Å². The van der Waals surface area contributed by atoms with Crippen LogP contribution in [0.2, 0.25) is 0 Å². The molecule has 2 heterocycles. The molecule has 0 radical (unpaired) electrons. The minimum absolute atomic E-state index is 0.00325. The number of carbonyl (C=O) groups is 1. The van der Waals surface area contributed by atoms with Crippen LogP contribution in [0.3, 0.4) is 0 Å². The molecule has 0 unspecified atom stereocenters. The van der Waals surface area contributed by atoms with E-state index in [4.69, 9.17) is 14.2 Å². The molecule has 0 amide bonds. The molecule has 10 heteroatoms. The van der Waals surface area contributed by atoms with Crippen LogP contribution in [-0.2, 0) is 38.8 Å². The van der Waals surface area contributed by atoms with Gasteiger partial charge in [-0.1, -0.05) is 60.7 Å². The Morgan fingerprint density at radius 1 is 0.758 bits per heavy atom. The Morgan fingerprint density at radius 2 is 1.27 bits per heavy atom. The SMILES string of the molecule is O=C1O/C(=C\Cn2c(=O)[nH]c(=O)[nH]c2=O)C(OCc2ccccc2)=C1OCc1ccccc1. The van der Waals surface area contributed by atoms with Crippen LogP contribution in [0.5, 0.6) is 0 Å². The Balaban J connectivity index is 1.62. The van der Waals surface area contributed by atoms with E-state index in [1.165, 1.54) is 6.08 Å². The van der Waals surface area contributed by atoms with Gasteiger partial charge in [0.2, 0.25) is 5.76 Å². The third-order valence-corrected chi connectivity index (χ3v) is 4.66. The minimum Gasteiger partial charge on any atom is -0.481 e. The molecule has 0 atom stereocenters. The van der Waals surface area contributed by atoms with Crippen molar-refractivity contribution in [2.75, 3.05) is 0 Å². The van der Waals surface area contributed by atoms with Crippen LogP contribution in [0.4, 0.5) is 0 Å². The van der Waals surface area contributed by atoms with E-state index in [2.05, 4.69) is 0 Å². The Hall–Kier alpha value is -4.60. The zero-order valence-corrected chi connectivity index (χ0v) is 17.3. The summed E-state index contributed by atoms with van der Waals surface area (Å²) in [4.78, 5) is 51.5. The Morgan fingerprint density at radius 3 is 1.82 bits per heavy atom. The molecule has 0 fully saturated rings. The fourth-order valence-electron chi connectivity index (χ4n) is 3.04.